The number of nitrogens with one attached hydrogen (secondary N) is 1. The number of carbonyl (C=O) groups excluding carboxylic acids is 2. The Morgan fingerprint density at radius 3 is 2.12 bits per heavy atom. The first kappa shape index (κ1) is 18.5. The Balaban J connectivity index is 1.51. The molecular formula is C18H22Cl2N2O3. The summed E-state index contributed by atoms with van der Waals surface area (Å²) in [6.07, 6.45) is 2.96. The molecule has 2 aliphatic rings. The van der Waals surface area contributed by atoms with Crippen molar-refractivity contribution >= 4 is 40.7 Å². The zero-order valence-electron chi connectivity index (χ0n) is 14.0. The largest absolute Gasteiger partial charge is 0.378 e. The van der Waals surface area contributed by atoms with Gasteiger partial charge in [0.1, 0.15) is 0 Å². The van der Waals surface area contributed by atoms with E-state index >= 15 is 0 Å². The van der Waals surface area contributed by atoms with Gasteiger partial charge in [-0.1, -0.05) is 23.2 Å². The van der Waals surface area contributed by atoms with Crippen LogP contribution in [0.15, 0.2) is 18.2 Å². The fourth-order valence-electron chi connectivity index (χ4n) is 3.51. The summed E-state index contributed by atoms with van der Waals surface area (Å²) < 4.78 is 5.29. The van der Waals surface area contributed by atoms with Crippen LogP contribution in [0, 0.1) is 11.8 Å². The normalized spacial score (nSPS) is 24.0. The second kappa shape index (κ2) is 8.39. The van der Waals surface area contributed by atoms with Gasteiger partial charge in [0.25, 0.3) is 0 Å². The Morgan fingerprint density at radius 1 is 0.960 bits per heavy atom. The highest BCUT2D eigenvalue weighted by molar-refractivity contribution is 6.35. The van der Waals surface area contributed by atoms with Gasteiger partial charge < -0.3 is 15.0 Å². The van der Waals surface area contributed by atoms with E-state index in [1.54, 1.807) is 18.2 Å². The van der Waals surface area contributed by atoms with Crippen LogP contribution in [-0.4, -0.2) is 43.0 Å². The second-order valence-corrected chi connectivity index (χ2v) is 7.51. The quantitative estimate of drug-likeness (QED) is 0.865. The van der Waals surface area contributed by atoms with E-state index in [0.717, 1.165) is 25.7 Å². The second-order valence-electron chi connectivity index (χ2n) is 6.63. The van der Waals surface area contributed by atoms with Gasteiger partial charge in [-0.2, -0.15) is 0 Å². The zero-order valence-corrected chi connectivity index (χ0v) is 15.5. The number of benzene rings is 1. The maximum Gasteiger partial charge on any atom is 0.227 e. The summed E-state index contributed by atoms with van der Waals surface area (Å²) in [5.74, 6) is 0.133. The van der Waals surface area contributed by atoms with E-state index in [2.05, 4.69) is 5.32 Å². The van der Waals surface area contributed by atoms with Crippen molar-refractivity contribution in [2.24, 2.45) is 11.8 Å². The molecule has 1 aromatic carbocycles. The number of morpholine rings is 1. The number of rotatable bonds is 3. The highest BCUT2D eigenvalue weighted by Crippen LogP contribution is 2.31. The Kier molecular flexibility index (Phi) is 6.20. The van der Waals surface area contributed by atoms with E-state index in [0.29, 0.717) is 42.0 Å². The standard InChI is InChI=1S/C18H22Cl2N2O3/c19-14-9-15(20)11-16(10-14)21-17(23)12-1-3-13(4-2-12)18(24)22-5-7-25-8-6-22/h9-13H,1-8H2,(H,21,23). The molecular weight excluding hydrogens is 363 g/mol. The maximum atomic E-state index is 12.5. The molecule has 0 spiro atoms. The molecule has 1 N–H and O–H groups in total. The smallest absolute Gasteiger partial charge is 0.227 e. The molecule has 0 bridgehead atoms. The van der Waals surface area contributed by atoms with Crippen LogP contribution < -0.4 is 5.32 Å². The van der Waals surface area contributed by atoms with E-state index in [1.165, 1.54) is 0 Å². The lowest BCUT2D eigenvalue weighted by Gasteiger charge is -2.33. The lowest BCUT2D eigenvalue weighted by atomic mass is 9.81. The third kappa shape index (κ3) is 4.87. The number of hydrogen-bond donors (Lipinski definition) is 1. The fraction of sp³-hybridized carbons (Fsp3) is 0.556. The van der Waals surface area contributed by atoms with E-state index in [9.17, 15) is 9.59 Å². The predicted octanol–water partition coefficient (Wildman–Crippen LogP) is 3.60. The van der Waals surface area contributed by atoms with Crippen LogP contribution in [0.25, 0.3) is 0 Å². The van der Waals surface area contributed by atoms with E-state index < -0.39 is 0 Å². The van der Waals surface area contributed by atoms with Crippen LogP contribution in [0.4, 0.5) is 5.69 Å². The lowest BCUT2D eigenvalue weighted by Crippen LogP contribution is -2.44. The van der Waals surface area contributed by atoms with Crippen molar-refractivity contribution in [1.29, 1.82) is 0 Å². The van der Waals surface area contributed by atoms with Gasteiger partial charge in [-0.25, -0.2) is 0 Å². The average Bonchev–Trinajstić information content (AvgIpc) is 2.61. The Morgan fingerprint density at radius 2 is 1.52 bits per heavy atom. The number of hydrogen-bond acceptors (Lipinski definition) is 3. The molecule has 1 aromatic rings. The minimum Gasteiger partial charge on any atom is -0.378 e. The van der Waals surface area contributed by atoms with Crippen molar-refractivity contribution in [2.45, 2.75) is 25.7 Å². The van der Waals surface area contributed by atoms with Gasteiger partial charge in [-0.15, -0.1) is 0 Å². The van der Waals surface area contributed by atoms with Gasteiger partial charge in [-0.05, 0) is 43.9 Å². The molecule has 1 aliphatic heterocycles. The van der Waals surface area contributed by atoms with E-state index in [1.807, 2.05) is 4.90 Å². The molecule has 0 radical (unpaired) electrons. The van der Waals surface area contributed by atoms with Gasteiger partial charge in [-0.3, -0.25) is 9.59 Å². The molecule has 1 saturated heterocycles. The molecule has 0 atom stereocenters. The minimum atomic E-state index is -0.0773. The van der Waals surface area contributed by atoms with Crippen molar-refractivity contribution in [2.75, 3.05) is 31.6 Å². The summed E-state index contributed by atoms with van der Waals surface area (Å²) in [5.41, 5.74) is 0.606. The monoisotopic (exact) mass is 384 g/mol. The van der Waals surface area contributed by atoms with Crippen LogP contribution in [0.5, 0.6) is 0 Å². The van der Waals surface area contributed by atoms with Crippen molar-refractivity contribution in [1.82, 2.24) is 4.90 Å². The number of nitrogens with zero attached hydrogens (tertiary/aromatic N) is 1. The summed E-state index contributed by atoms with van der Waals surface area (Å²) in [7, 11) is 0. The first-order chi connectivity index (χ1) is 12.0. The summed E-state index contributed by atoms with van der Waals surface area (Å²) in [4.78, 5) is 26.9. The molecule has 3 rings (SSSR count). The SMILES string of the molecule is O=C(Nc1cc(Cl)cc(Cl)c1)C1CCC(C(=O)N2CCOCC2)CC1. The van der Waals surface area contributed by atoms with Crippen LogP contribution in [0.1, 0.15) is 25.7 Å². The molecule has 1 heterocycles. The number of anilines is 1. The zero-order chi connectivity index (χ0) is 17.8. The number of halogens is 2. The highest BCUT2D eigenvalue weighted by atomic mass is 35.5. The van der Waals surface area contributed by atoms with Gasteiger partial charge in [0.05, 0.1) is 13.2 Å². The van der Waals surface area contributed by atoms with Crippen molar-refractivity contribution in [3.05, 3.63) is 28.2 Å². The molecule has 0 aromatic heterocycles. The van der Waals surface area contributed by atoms with Crippen LogP contribution >= 0.6 is 23.2 Å². The molecule has 1 aliphatic carbocycles. The summed E-state index contributed by atoms with van der Waals surface area (Å²) in [6, 6.07) is 4.99. The van der Waals surface area contributed by atoms with E-state index in [4.69, 9.17) is 27.9 Å². The molecule has 7 heteroatoms. The van der Waals surface area contributed by atoms with Gasteiger partial charge in [0.2, 0.25) is 11.8 Å². The number of ether oxygens (including phenoxy) is 1. The first-order valence-electron chi connectivity index (χ1n) is 8.66. The van der Waals surface area contributed by atoms with E-state index in [-0.39, 0.29) is 23.7 Å². The minimum absolute atomic E-state index is 0.0303. The highest BCUT2D eigenvalue weighted by Gasteiger charge is 2.32. The van der Waals surface area contributed by atoms with Crippen LogP contribution in [-0.2, 0) is 14.3 Å². The lowest BCUT2D eigenvalue weighted by molar-refractivity contribution is -0.141. The topological polar surface area (TPSA) is 58.6 Å². The Bertz CT molecular complexity index is 619. The molecule has 2 amide bonds. The van der Waals surface area contributed by atoms with Crippen LogP contribution in [0.3, 0.4) is 0 Å². The molecule has 136 valence electrons. The first-order valence-corrected chi connectivity index (χ1v) is 9.42. The maximum absolute atomic E-state index is 12.5. The van der Waals surface area contributed by atoms with Crippen molar-refractivity contribution in [3.8, 4) is 0 Å². The van der Waals surface area contributed by atoms with Gasteiger partial charge in [0, 0.05) is 40.7 Å². The van der Waals surface area contributed by atoms with Crippen LogP contribution in [0.2, 0.25) is 10.0 Å². The van der Waals surface area contributed by atoms with Gasteiger partial charge in [0.15, 0.2) is 0 Å². The molecule has 1 saturated carbocycles. The summed E-state index contributed by atoms with van der Waals surface area (Å²) in [5, 5.41) is 3.86. The average molecular weight is 385 g/mol. The van der Waals surface area contributed by atoms with Crippen molar-refractivity contribution in [3.63, 3.8) is 0 Å². The number of carbonyl (C=O) groups is 2. The predicted molar refractivity (Wildman–Crippen MR) is 97.9 cm³/mol. The Hall–Kier alpha value is -1.30. The molecule has 5 nitrogen and oxygen atoms in total. The molecule has 2 fully saturated rings. The molecule has 25 heavy (non-hydrogen) atoms. The molecule has 0 unspecified atom stereocenters. The number of amides is 2. The van der Waals surface area contributed by atoms with Crippen molar-refractivity contribution < 1.29 is 14.3 Å². The summed E-state index contributed by atoms with van der Waals surface area (Å²) >= 11 is 11.9. The van der Waals surface area contributed by atoms with Gasteiger partial charge >= 0.3 is 0 Å². The third-order valence-corrected chi connectivity index (χ3v) is 5.34. The Labute approximate surface area is 157 Å². The fourth-order valence-corrected chi connectivity index (χ4v) is 4.04. The third-order valence-electron chi connectivity index (χ3n) is 4.90. The summed E-state index contributed by atoms with van der Waals surface area (Å²) in [6.45, 7) is 2.58.